The van der Waals surface area contributed by atoms with Gasteiger partial charge < -0.3 is 0 Å². The quantitative estimate of drug-likeness (QED) is 0.502. The molecule has 3 aromatic heterocycles. The van der Waals surface area contributed by atoms with Crippen molar-refractivity contribution in [1.82, 2.24) is 25.0 Å². The smallest absolute Gasteiger partial charge is 0.168 e. The normalized spacial score (nSPS) is 13.4. The fourth-order valence-electron chi connectivity index (χ4n) is 3.97. The number of carbonyl (C=O) groups excluding carboxylic acids is 1. The minimum absolute atomic E-state index is 0.100. The van der Waals surface area contributed by atoms with Gasteiger partial charge in [0.2, 0.25) is 0 Å². The zero-order chi connectivity index (χ0) is 19.8. The maximum Gasteiger partial charge on any atom is 0.168 e. The van der Waals surface area contributed by atoms with Gasteiger partial charge in [-0.15, -0.1) is 5.10 Å². The standard InChI is InChI=1S/C23H21N5O/c1-28-14-22(26-27-28)19-9-18-10-20(24-13-21(18)25-12-19)11-23(29)17-7-6-15-4-2-3-5-16(15)8-17/h6-10,12-14H,2-5,11H2,1H3. The van der Waals surface area contributed by atoms with Crippen LogP contribution in [0.5, 0.6) is 0 Å². The number of aryl methyl sites for hydroxylation is 3. The molecule has 0 fully saturated rings. The van der Waals surface area contributed by atoms with Crippen LogP contribution in [0.3, 0.4) is 0 Å². The summed E-state index contributed by atoms with van der Waals surface area (Å²) in [6.07, 6.45) is 10.3. The molecule has 0 amide bonds. The number of pyridine rings is 2. The number of carbonyl (C=O) groups is 1. The van der Waals surface area contributed by atoms with Gasteiger partial charge in [-0.25, -0.2) is 0 Å². The lowest BCUT2D eigenvalue weighted by Gasteiger charge is -2.16. The summed E-state index contributed by atoms with van der Waals surface area (Å²) in [4.78, 5) is 21.8. The van der Waals surface area contributed by atoms with E-state index in [0.29, 0.717) is 0 Å². The van der Waals surface area contributed by atoms with Crippen molar-refractivity contribution in [3.8, 4) is 11.3 Å². The summed E-state index contributed by atoms with van der Waals surface area (Å²) in [6.45, 7) is 0. The number of rotatable bonds is 4. The van der Waals surface area contributed by atoms with Crippen molar-refractivity contribution in [2.75, 3.05) is 0 Å². The zero-order valence-electron chi connectivity index (χ0n) is 16.3. The number of hydrogen-bond acceptors (Lipinski definition) is 5. The highest BCUT2D eigenvalue weighted by atomic mass is 16.1. The van der Waals surface area contributed by atoms with Crippen molar-refractivity contribution in [3.63, 3.8) is 0 Å². The van der Waals surface area contributed by atoms with Crippen LogP contribution in [0.2, 0.25) is 0 Å². The van der Waals surface area contributed by atoms with Crippen molar-refractivity contribution in [1.29, 1.82) is 0 Å². The molecule has 0 aliphatic heterocycles. The van der Waals surface area contributed by atoms with Crippen LogP contribution in [0.25, 0.3) is 22.2 Å². The summed E-state index contributed by atoms with van der Waals surface area (Å²) < 4.78 is 1.66. The van der Waals surface area contributed by atoms with Crippen molar-refractivity contribution >= 4 is 16.7 Å². The minimum atomic E-state index is 0.100. The Kier molecular flexibility index (Phi) is 4.39. The summed E-state index contributed by atoms with van der Waals surface area (Å²) in [5.74, 6) is 0.100. The molecule has 1 aromatic carbocycles. The molecule has 0 bridgehead atoms. The van der Waals surface area contributed by atoms with Crippen LogP contribution in [-0.2, 0) is 26.3 Å². The molecule has 1 aliphatic carbocycles. The highest BCUT2D eigenvalue weighted by Crippen LogP contribution is 2.24. The van der Waals surface area contributed by atoms with Gasteiger partial charge in [0.15, 0.2) is 5.78 Å². The Labute approximate surface area is 168 Å². The maximum atomic E-state index is 12.9. The van der Waals surface area contributed by atoms with Crippen molar-refractivity contribution in [2.24, 2.45) is 7.05 Å². The first kappa shape index (κ1) is 17.7. The van der Waals surface area contributed by atoms with E-state index in [0.717, 1.165) is 46.3 Å². The van der Waals surface area contributed by atoms with E-state index >= 15 is 0 Å². The van der Waals surface area contributed by atoms with Gasteiger partial charge in [0.25, 0.3) is 0 Å². The van der Waals surface area contributed by atoms with Crippen LogP contribution in [-0.4, -0.2) is 30.7 Å². The second-order valence-corrected chi connectivity index (χ2v) is 7.66. The molecule has 1 aliphatic rings. The van der Waals surface area contributed by atoms with E-state index < -0.39 is 0 Å². The number of fused-ring (bicyclic) bond motifs is 2. The third-order valence-electron chi connectivity index (χ3n) is 5.53. The van der Waals surface area contributed by atoms with E-state index in [4.69, 9.17) is 0 Å². The lowest BCUT2D eigenvalue weighted by Crippen LogP contribution is -2.09. The number of ketones is 1. The molecule has 4 aromatic rings. The third kappa shape index (κ3) is 3.53. The summed E-state index contributed by atoms with van der Waals surface area (Å²) in [5.41, 5.74) is 6.69. The fourth-order valence-corrected chi connectivity index (χ4v) is 3.97. The number of nitrogens with zero attached hydrogens (tertiary/aromatic N) is 5. The Balaban J connectivity index is 1.42. The molecule has 3 heterocycles. The molecule has 0 atom stereocenters. The predicted octanol–water partition coefficient (Wildman–Crippen LogP) is 3.73. The van der Waals surface area contributed by atoms with E-state index in [2.05, 4.69) is 32.4 Å². The van der Waals surface area contributed by atoms with Gasteiger partial charge >= 0.3 is 0 Å². The van der Waals surface area contributed by atoms with Crippen molar-refractivity contribution in [3.05, 3.63) is 71.3 Å². The number of benzene rings is 1. The molecular weight excluding hydrogens is 362 g/mol. The van der Waals surface area contributed by atoms with Gasteiger partial charge in [0, 0.05) is 35.5 Å². The van der Waals surface area contributed by atoms with Crippen LogP contribution < -0.4 is 0 Å². The fraction of sp³-hybridized carbons (Fsp3) is 0.261. The topological polar surface area (TPSA) is 73.6 Å². The molecule has 0 spiro atoms. The van der Waals surface area contributed by atoms with E-state index in [1.165, 1.54) is 24.0 Å². The van der Waals surface area contributed by atoms with Crippen LogP contribution in [0.15, 0.2) is 48.9 Å². The van der Waals surface area contributed by atoms with Gasteiger partial charge in [-0.2, -0.15) is 0 Å². The molecular formula is C23H21N5O. The minimum Gasteiger partial charge on any atom is -0.294 e. The van der Waals surface area contributed by atoms with Gasteiger partial charge in [0.1, 0.15) is 5.69 Å². The Bertz CT molecular complexity index is 1230. The van der Waals surface area contributed by atoms with Gasteiger partial charge in [0.05, 0.1) is 24.3 Å². The first-order valence-electron chi connectivity index (χ1n) is 9.92. The Morgan fingerprint density at radius 3 is 2.72 bits per heavy atom. The predicted molar refractivity (Wildman–Crippen MR) is 111 cm³/mol. The van der Waals surface area contributed by atoms with Gasteiger partial charge in [-0.05, 0) is 55.0 Å². The van der Waals surface area contributed by atoms with Gasteiger partial charge in [-0.3, -0.25) is 19.4 Å². The van der Waals surface area contributed by atoms with Crippen LogP contribution in [0.4, 0.5) is 0 Å². The van der Waals surface area contributed by atoms with Crippen molar-refractivity contribution < 1.29 is 4.79 Å². The van der Waals surface area contributed by atoms with Crippen LogP contribution in [0, 0.1) is 0 Å². The van der Waals surface area contributed by atoms with Crippen LogP contribution in [0.1, 0.15) is 40.0 Å². The Morgan fingerprint density at radius 2 is 1.90 bits per heavy atom. The first-order chi connectivity index (χ1) is 14.2. The summed E-state index contributed by atoms with van der Waals surface area (Å²) in [7, 11) is 1.83. The molecule has 5 rings (SSSR count). The first-order valence-corrected chi connectivity index (χ1v) is 9.92. The maximum absolute atomic E-state index is 12.9. The second kappa shape index (κ2) is 7.20. The average molecular weight is 383 g/mol. The number of Topliss-reactive ketones (excluding diaryl/α,β-unsaturated/α-hetero) is 1. The molecule has 0 saturated carbocycles. The summed E-state index contributed by atoms with van der Waals surface area (Å²) in [5, 5.41) is 9.06. The Hall–Kier alpha value is -3.41. The molecule has 144 valence electrons. The van der Waals surface area contributed by atoms with Crippen molar-refractivity contribution in [2.45, 2.75) is 32.1 Å². The summed E-state index contributed by atoms with van der Waals surface area (Å²) in [6, 6.07) is 10.1. The lowest BCUT2D eigenvalue weighted by atomic mass is 9.89. The Morgan fingerprint density at radius 1 is 1.03 bits per heavy atom. The highest BCUT2D eigenvalue weighted by molar-refractivity contribution is 5.98. The summed E-state index contributed by atoms with van der Waals surface area (Å²) >= 11 is 0. The number of hydrogen-bond donors (Lipinski definition) is 0. The zero-order valence-corrected chi connectivity index (χ0v) is 16.3. The average Bonchev–Trinajstić information content (AvgIpc) is 3.19. The SMILES string of the molecule is Cn1cc(-c2cnc3cnc(CC(=O)c4ccc5c(c4)CCCC5)cc3c2)nn1. The molecule has 0 unspecified atom stereocenters. The largest absolute Gasteiger partial charge is 0.294 e. The van der Waals surface area contributed by atoms with E-state index in [-0.39, 0.29) is 12.2 Å². The van der Waals surface area contributed by atoms with E-state index in [1.807, 2.05) is 31.4 Å². The molecule has 29 heavy (non-hydrogen) atoms. The molecule has 6 heteroatoms. The van der Waals surface area contributed by atoms with E-state index in [1.54, 1.807) is 17.1 Å². The lowest BCUT2D eigenvalue weighted by molar-refractivity contribution is 0.0992. The van der Waals surface area contributed by atoms with Gasteiger partial charge in [-0.1, -0.05) is 17.3 Å². The van der Waals surface area contributed by atoms with E-state index in [9.17, 15) is 4.79 Å². The number of aromatic nitrogens is 5. The highest BCUT2D eigenvalue weighted by Gasteiger charge is 2.14. The molecule has 6 nitrogen and oxygen atoms in total. The molecule has 0 saturated heterocycles. The van der Waals surface area contributed by atoms with Crippen LogP contribution >= 0.6 is 0 Å². The molecule has 0 radical (unpaired) electrons. The third-order valence-corrected chi connectivity index (χ3v) is 5.53. The monoisotopic (exact) mass is 383 g/mol. The second-order valence-electron chi connectivity index (χ2n) is 7.66. The molecule has 0 N–H and O–H groups in total.